The predicted molar refractivity (Wildman–Crippen MR) is 141 cm³/mol. The summed E-state index contributed by atoms with van der Waals surface area (Å²) >= 11 is 15.2. The highest BCUT2D eigenvalue weighted by Gasteiger charge is 2.08. The average Bonchev–Trinajstić information content (AvgIpc) is 2.80. The molecule has 32 heavy (non-hydrogen) atoms. The molecule has 0 saturated carbocycles. The Bertz CT molecular complexity index is 1750. The first-order chi connectivity index (χ1) is 15.5. The monoisotopic (exact) mass is 492 g/mol. The van der Waals surface area contributed by atoms with Gasteiger partial charge in [-0.2, -0.15) is 0 Å². The fourth-order valence-corrected chi connectivity index (χ4v) is 6.23. The average molecular weight is 493 g/mol. The van der Waals surface area contributed by atoms with Crippen LogP contribution in [-0.4, -0.2) is 0 Å². The van der Waals surface area contributed by atoms with E-state index in [1.165, 1.54) is 0 Å². The van der Waals surface area contributed by atoms with Crippen molar-refractivity contribution in [1.29, 1.82) is 0 Å². The Balaban J connectivity index is 0.000000135. The number of hydrogen-bond donors (Lipinski definition) is 0. The zero-order valence-electron chi connectivity index (χ0n) is 16.5. The third-order valence-corrected chi connectivity index (χ3v) is 7.93. The predicted octanol–water partition coefficient (Wildman–Crippen LogP) is 8.14. The van der Waals surface area contributed by atoms with E-state index in [0.29, 0.717) is 20.8 Å². The summed E-state index contributed by atoms with van der Waals surface area (Å²) in [6.07, 6.45) is 0. The highest BCUT2D eigenvalue weighted by Crippen LogP contribution is 2.28. The molecule has 0 aliphatic heterocycles. The summed E-state index contributed by atoms with van der Waals surface area (Å²) in [7, 11) is 0. The van der Waals surface area contributed by atoms with Gasteiger partial charge in [-0.1, -0.05) is 53.5 Å². The van der Waals surface area contributed by atoms with Crippen molar-refractivity contribution in [2.75, 3.05) is 0 Å². The molecule has 0 amide bonds. The SMILES string of the molecule is O=c1c2ccccc2sc2ccc(Cl)cc12.O=c1c2ccccc2sc2cccc(Cl)c12. The van der Waals surface area contributed by atoms with E-state index in [0.717, 1.165) is 29.6 Å². The highest BCUT2D eigenvalue weighted by atomic mass is 35.5. The van der Waals surface area contributed by atoms with Gasteiger partial charge >= 0.3 is 0 Å². The standard InChI is InChI=1S/2C13H7ClOS/c14-9-5-3-7-11-12(9)13(15)8-4-1-2-6-10(8)16-11;14-8-5-6-12-10(7-8)13(15)9-3-1-2-4-11(9)16-12/h2*1-7H. The zero-order chi connectivity index (χ0) is 22.2. The molecule has 0 unspecified atom stereocenters. The van der Waals surface area contributed by atoms with Crippen molar-refractivity contribution in [3.05, 3.63) is 115 Å². The lowest BCUT2D eigenvalue weighted by Crippen LogP contribution is -2.01. The zero-order valence-corrected chi connectivity index (χ0v) is 19.6. The summed E-state index contributed by atoms with van der Waals surface area (Å²) in [5, 5.41) is 3.98. The Morgan fingerprint density at radius 3 is 1.81 bits per heavy atom. The van der Waals surface area contributed by atoms with Crippen molar-refractivity contribution < 1.29 is 0 Å². The van der Waals surface area contributed by atoms with E-state index in [9.17, 15) is 9.59 Å². The van der Waals surface area contributed by atoms with Gasteiger partial charge in [0.1, 0.15) is 0 Å². The first kappa shape index (κ1) is 21.1. The molecule has 6 aromatic rings. The van der Waals surface area contributed by atoms with Crippen LogP contribution in [0.1, 0.15) is 0 Å². The van der Waals surface area contributed by atoms with Crippen LogP contribution in [0.5, 0.6) is 0 Å². The normalized spacial score (nSPS) is 11.1. The van der Waals surface area contributed by atoms with Crippen LogP contribution in [0.2, 0.25) is 10.0 Å². The van der Waals surface area contributed by atoms with Gasteiger partial charge in [0.05, 0.1) is 10.4 Å². The van der Waals surface area contributed by atoms with Crippen molar-refractivity contribution in [2.24, 2.45) is 0 Å². The number of benzene rings is 4. The summed E-state index contributed by atoms with van der Waals surface area (Å²) < 4.78 is 3.94. The quantitative estimate of drug-likeness (QED) is 0.200. The fourth-order valence-electron chi connectivity index (χ4n) is 3.58. The Labute approximate surface area is 200 Å². The molecule has 6 rings (SSSR count). The molecule has 0 fully saturated rings. The molecule has 4 aromatic carbocycles. The lowest BCUT2D eigenvalue weighted by Gasteiger charge is -2.01. The van der Waals surface area contributed by atoms with E-state index >= 15 is 0 Å². The first-order valence-electron chi connectivity index (χ1n) is 9.74. The van der Waals surface area contributed by atoms with Gasteiger partial charge in [-0.05, 0) is 54.6 Å². The smallest absolute Gasteiger partial charge is 0.197 e. The van der Waals surface area contributed by atoms with Crippen LogP contribution in [-0.2, 0) is 0 Å². The van der Waals surface area contributed by atoms with Gasteiger partial charge in [-0.3, -0.25) is 9.59 Å². The topological polar surface area (TPSA) is 34.1 Å². The van der Waals surface area contributed by atoms with E-state index in [2.05, 4.69) is 0 Å². The third kappa shape index (κ3) is 3.80. The van der Waals surface area contributed by atoms with Crippen molar-refractivity contribution >= 4 is 86.2 Å². The molecule has 156 valence electrons. The van der Waals surface area contributed by atoms with Gasteiger partial charge in [0.15, 0.2) is 10.9 Å². The summed E-state index contributed by atoms with van der Waals surface area (Å²) in [6.45, 7) is 0. The summed E-state index contributed by atoms with van der Waals surface area (Å²) in [5.41, 5.74) is 0.0850. The maximum atomic E-state index is 12.2. The number of fused-ring (bicyclic) bond motifs is 4. The van der Waals surface area contributed by atoms with Gasteiger partial charge in [-0.25, -0.2) is 0 Å². The van der Waals surface area contributed by atoms with Gasteiger partial charge in [0, 0.05) is 40.0 Å². The minimum Gasteiger partial charge on any atom is -0.289 e. The highest BCUT2D eigenvalue weighted by molar-refractivity contribution is 7.25. The molecule has 2 nitrogen and oxygen atoms in total. The number of hydrogen-bond acceptors (Lipinski definition) is 4. The molecule has 0 N–H and O–H groups in total. The minimum absolute atomic E-state index is 0.0231. The summed E-state index contributed by atoms with van der Waals surface area (Å²) in [6, 6.07) is 26.3. The van der Waals surface area contributed by atoms with Crippen molar-refractivity contribution in [3.8, 4) is 0 Å². The van der Waals surface area contributed by atoms with Crippen LogP contribution in [0.3, 0.4) is 0 Å². The summed E-state index contributed by atoms with van der Waals surface area (Å²) in [4.78, 5) is 24.4. The van der Waals surface area contributed by atoms with Crippen molar-refractivity contribution in [3.63, 3.8) is 0 Å². The maximum Gasteiger partial charge on any atom is 0.197 e. The molecule has 2 heterocycles. The second-order valence-electron chi connectivity index (χ2n) is 7.11. The minimum atomic E-state index is 0.0231. The third-order valence-electron chi connectivity index (χ3n) is 5.09. The van der Waals surface area contributed by atoms with E-state index in [1.807, 2.05) is 72.8 Å². The lowest BCUT2D eigenvalue weighted by molar-refractivity contribution is 1.74. The van der Waals surface area contributed by atoms with Crippen LogP contribution in [0.4, 0.5) is 0 Å². The molecule has 2 aromatic heterocycles. The van der Waals surface area contributed by atoms with Crippen LogP contribution in [0, 0.1) is 0 Å². The van der Waals surface area contributed by atoms with Crippen LogP contribution < -0.4 is 10.9 Å². The molecule has 0 aliphatic carbocycles. The molecule has 0 saturated heterocycles. The lowest BCUT2D eigenvalue weighted by atomic mass is 10.2. The van der Waals surface area contributed by atoms with Gasteiger partial charge < -0.3 is 0 Å². The summed E-state index contributed by atoms with van der Waals surface area (Å²) in [5.74, 6) is 0. The number of rotatable bonds is 0. The Kier molecular flexibility index (Phi) is 5.70. The fraction of sp³-hybridized carbons (Fsp3) is 0. The Morgan fingerprint density at radius 1 is 0.531 bits per heavy atom. The van der Waals surface area contributed by atoms with E-state index in [4.69, 9.17) is 23.2 Å². The number of halogens is 2. The van der Waals surface area contributed by atoms with Gasteiger partial charge in [-0.15, -0.1) is 22.7 Å². The molecule has 0 radical (unpaired) electrons. The molecule has 0 bridgehead atoms. The first-order valence-corrected chi connectivity index (χ1v) is 12.1. The van der Waals surface area contributed by atoms with Crippen molar-refractivity contribution in [1.82, 2.24) is 0 Å². The molecular formula is C26H14Cl2O2S2. The van der Waals surface area contributed by atoms with E-state index in [1.54, 1.807) is 34.8 Å². The van der Waals surface area contributed by atoms with Gasteiger partial charge in [0.2, 0.25) is 0 Å². The molecular weight excluding hydrogens is 479 g/mol. The second-order valence-corrected chi connectivity index (χ2v) is 10.1. The second kappa shape index (κ2) is 8.64. The maximum absolute atomic E-state index is 12.2. The van der Waals surface area contributed by atoms with E-state index in [-0.39, 0.29) is 10.9 Å². The van der Waals surface area contributed by atoms with Crippen LogP contribution in [0.15, 0.2) is 94.5 Å². The van der Waals surface area contributed by atoms with Gasteiger partial charge in [0.25, 0.3) is 0 Å². The Hall–Kier alpha value is -2.76. The van der Waals surface area contributed by atoms with Crippen LogP contribution in [0.25, 0.3) is 40.3 Å². The van der Waals surface area contributed by atoms with Crippen LogP contribution >= 0.6 is 45.9 Å². The molecule has 0 spiro atoms. The molecule has 6 heteroatoms. The van der Waals surface area contributed by atoms with E-state index < -0.39 is 0 Å². The molecule has 0 aliphatic rings. The largest absolute Gasteiger partial charge is 0.289 e. The van der Waals surface area contributed by atoms with Crippen molar-refractivity contribution in [2.45, 2.75) is 0 Å². The Morgan fingerprint density at radius 2 is 1.09 bits per heavy atom. The molecule has 0 atom stereocenters.